The molecule has 1 saturated heterocycles. The minimum Gasteiger partial charge on any atom is -0.461 e. The number of thiazole rings is 1. The number of hydrogen-bond donors (Lipinski definition) is 1. The summed E-state index contributed by atoms with van der Waals surface area (Å²) in [6.07, 6.45) is 2.49. The molecule has 0 aliphatic carbocycles. The van der Waals surface area contributed by atoms with Crippen molar-refractivity contribution in [3.8, 4) is 0 Å². The SMILES string of the molecule is CCOC(=O)c1ncsc1NCC1(C)CCCS1. The summed E-state index contributed by atoms with van der Waals surface area (Å²) in [7, 11) is 0. The predicted molar refractivity (Wildman–Crippen MR) is 76.7 cm³/mol. The molecule has 100 valence electrons. The van der Waals surface area contributed by atoms with Crippen LogP contribution in [0.1, 0.15) is 37.2 Å². The van der Waals surface area contributed by atoms with Crippen molar-refractivity contribution in [3.05, 3.63) is 11.2 Å². The lowest BCUT2D eigenvalue weighted by atomic mass is 10.1. The lowest BCUT2D eigenvalue weighted by Gasteiger charge is -2.23. The predicted octanol–water partition coefficient (Wildman–Crippen LogP) is 3.02. The number of carbonyl (C=O) groups excluding carboxylic acids is 1. The van der Waals surface area contributed by atoms with E-state index in [1.165, 1.54) is 29.9 Å². The van der Waals surface area contributed by atoms with Crippen molar-refractivity contribution < 1.29 is 9.53 Å². The molecule has 4 nitrogen and oxygen atoms in total. The van der Waals surface area contributed by atoms with Crippen LogP contribution < -0.4 is 5.32 Å². The molecule has 0 radical (unpaired) electrons. The van der Waals surface area contributed by atoms with Gasteiger partial charge in [0.05, 0.1) is 12.1 Å². The van der Waals surface area contributed by atoms with Crippen molar-refractivity contribution in [2.24, 2.45) is 0 Å². The van der Waals surface area contributed by atoms with Gasteiger partial charge < -0.3 is 10.1 Å². The maximum Gasteiger partial charge on any atom is 0.360 e. The maximum absolute atomic E-state index is 11.7. The van der Waals surface area contributed by atoms with Gasteiger partial charge in [-0.05, 0) is 32.4 Å². The Kier molecular flexibility index (Phi) is 4.50. The van der Waals surface area contributed by atoms with E-state index < -0.39 is 0 Å². The molecule has 2 rings (SSSR count). The first-order valence-electron chi connectivity index (χ1n) is 6.13. The van der Waals surface area contributed by atoms with Gasteiger partial charge in [-0.1, -0.05) is 0 Å². The first kappa shape index (κ1) is 13.7. The van der Waals surface area contributed by atoms with E-state index in [0.29, 0.717) is 12.3 Å². The second kappa shape index (κ2) is 5.93. The molecule has 0 saturated carbocycles. The number of hydrogen-bond acceptors (Lipinski definition) is 6. The summed E-state index contributed by atoms with van der Waals surface area (Å²) in [5.41, 5.74) is 2.09. The number of esters is 1. The number of thioether (sulfide) groups is 1. The van der Waals surface area contributed by atoms with E-state index in [4.69, 9.17) is 4.74 Å². The average Bonchev–Trinajstić information content (AvgIpc) is 2.96. The van der Waals surface area contributed by atoms with Crippen molar-refractivity contribution in [1.29, 1.82) is 0 Å². The van der Waals surface area contributed by atoms with Crippen LogP contribution >= 0.6 is 23.1 Å². The number of ether oxygens (including phenoxy) is 1. The van der Waals surface area contributed by atoms with Gasteiger partial charge in [-0.3, -0.25) is 0 Å². The Labute approximate surface area is 116 Å². The molecule has 0 bridgehead atoms. The van der Waals surface area contributed by atoms with E-state index >= 15 is 0 Å². The van der Waals surface area contributed by atoms with Crippen LogP contribution in [0.2, 0.25) is 0 Å². The van der Waals surface area contributed by atoms with Crippen molar-refractivity contribution in [2.45, 2.75) is 31.4 Å². The van der Waals surface area contributed by atoms with E-state index in [1.54, 1.807) is 12.4 Å². The number of rotatable bonds is 5. The lowest BCUT2D eigenvalue weighted by molar-refractivity contribution is 0.0521. The normalized spacial score (nSPS) is 23.0. The van der Waals surface area contributed by atoms with Crippen molar-refractivity contribution in [3.63, 3.8) is 0 Å². The molecule has 0 aromatic carbocycles. The highest BCUT2D eigenvalue weighted by molar-refractivity contribution is 8.00. The molecule has 1 aliphatic rings. The monoisotopic (exact) mass is 286 g/mol. The minimum atomic E-state index is -0.342. The van der Waals surface area contributed by atoms with Gasteiger partial charge in [-0.2, -0.15) is 11.8 Å². The largest absolute Gasteiger partial charge is 0.461 e. The molecule has 1 aliphatic heterocycles. The van der Waals surface area contributed by atoms with Gasteiger partial charge in [0.1, 0.15) is 5.00 Å². The third-order valence-electron chi connectivity index (χ3n) is 2.96. The third-order valence-corrected chi connectivity index (χ3v) is 5.28. The number of carbonyl (C=O) groups is 1. The molecule has 1 aromatic heterocycles. The molecule has 1 N–H and O–H groups in total. The lowest BCUT2D eigenvalue weighted by Crippen LogP contribution is -2.27. The van der Waals surface area contributed by atoms with Crippen LogP contribution in [0, 0.1) is 0 Å². The fourth-order valence-corrected chi connectivity index (χ4v) is 3.87. The summed E-state index contributed by atoms with van der Waals surface area (Å²) in [5, 5.41) is 4.17. The summed E-state index contributed by atoms with van der Waals surface area (Å²) in [4.78, 5) is 15.8. The van der Waals surface area contributed by atoms with E-state index in [-0.39, 0.29) is 10.7 Å². The molecular formula is C12H18N2O2S2. The van der Waals surface area contributed by atoms with Gasteiger partial charge in [0, 0.05) is 11.3 Å². The Hall–Kier alpha value is -0.750. The maximum atomic E-state index is 11.7. The number of nitrogens with zero attached hydrogens (tertiary/aromatic N) is 1. The highest BCUT2D eigenvalue weighted by Gasteiger charge is 2.30. The van der Waals surface area contributed by atoms with Crippen molar-refractivity contribution in [1.82, 2.24) is 4.98 Å². The number of aromatic nitrogens is 1. The smallest absolute Gasteiger partial charge is 0.360 e. The molecule has 1 fully saturated rings. The van der Waals surface area contributed by atoms with Gasteiger partial charge in [-0.25, -0.2) is 9.78 Å². The zero-order valence-electron chi connectivity index (χ0n) is 10.7. The second-order valence-electron chi connectivity index (χ2n) is 4.51. The van der Waals surface area contributed by atoms with Gasteiger partial charge in [0.25, 0.3) is 0 Å². The van der Waals surface area contributed by atoms with Crippen molar-refractivity contribution in [2.75, 3.05) is 24.2 Å². The van der Waals surface area contributed by atoms with E-state index in [1.807, 2.05) is 11.8 Å². The molecular weight excluding hydrogens is 268 g/mol. The fourth-order valence-electron chi connectivity index (χ4n) is 1.96. The Balaban J connectivity index is 1.97. The molecule has 2 heterocycles. The molecule has 1 atom stereocenters. The highest BCUT2D eigenvalue weighted by Crippen LogP contribution is 2.38. The first-order chi connectivity index (χ1) is 8.64. The van der Waals surface area contributed by atoms with Crippen LogP contribution in [-0.4, -0.2) is 34.6 Å². The van der Waals surface area contributed by atoms with Gasteiger partial charge in [0.2, 0.25) is 0 Å². The summed E-state index contributed by atoms with van der Waals surface area (Å²) >= 11 is 3.45. The Morgan fingerprint density at radius 2 is 2.50 bits per heavy atom. The first-order valence-corrected chi connectivity index (χ1v) is 7.99. The summed E-state index contributed by atoms with van der Waals surface area (Å²) in [5.74, 6) is 0.886. The fraction of sp³-hybridized carbons (Fsp3) is 0.667. The van der Waals surface area contributed by atoms with Crippen LogP contribution in [0.15, 0.2) is 5.51 Å². The minimum absolute atomic E-state index is 0.274. The molecule has 0 amide bonds. The number of anilines is 1. The zero-order valence-corrected chi connectivity index (χ0v) is 12.3. The Bertz CT molecular complexity index is 414. The van der Waals surface area contributed by atoms with Crippen LogP contribution in [-0.2, 0) is 4.74 Å². The quantitative estimate of drug-likeness (QED) is 0.843. The molecule has 6 heteroatoms. The zero-order chi connectivity index (χ0) is 13.0. The van der Waals surface area contributed by atoms with Crippen LogP contribution in [0.25, 0.3) is 0 Å². The third kappa shape index (κ3) is 3.17. The second-order valence-corrected chi connectivity index (χ2v) is 7.04. The molecule has 1 unspecified atom stereocenters. The molecule has 0 spiro atoms. The van der Waals surface area contributed by atoms with Gasteiger partial charge in [-0.15, -0.1) is 11.3 Å². The summed E-state index contributed by atoms with van der Waals surface area (Å²) in [6.45, 7) is 5.31. The number of nitrogens with one attached hydrogen (secondary N) is 1. The van der Waals surface area contributed by atoms with Crippen molar-refractivity contribution >= 4 is 34.1 Å². The summed E-state index contributed by atoms with van der Waals surface area (Å²) in [6, 6.07) is 0. The van der Waals surface area contributed by atoms with Crippen LogP contribution in [0.3, 0.4) is 0 Å². The Morgan fingerprint density at radius 1 is 1.67 bits per heavy atom. The van der Waals surface area contributed by atoms with E-state index in [9.17, 15) is 4.79 Å². The summed E-state index contributed by atoms with van der Waals surface area (Å²) < 4.78 is 5.26. The standard InChI is InChI=1S/C12H18N2O2S2/c1-3-16-11(15)9-10(17-8-14-9)13-7-12(2)5-4-6-18-12/h8,13H,3-7H2,1-2H3. The van der Waals surface area contributed by atoms with Crippen LogP contribution in [0.4, 0.5) is 5.00 Å². The van der Waals surface area contributed by atoms with Gasteiger partial charge >= 0.3 is 5.97 Å². The van der Waals surface area contributed by atoms with Gasteiger partial charge in [0.15, 0.2) is 5.69 Å². The Morgan fingerprint density at radius 3 is 3.17 bits per heavy atom. The highest BCUT2D eigenvalue weighted by atomic mass is 32.2. The van der Waals surface area contributed by atoms with Crippen LogP contribution in [0.5, 0.6) is 0 Å². The van der Waals surface area contributed by atoms with E-state index in [0.717, 1.165) is 11.5 Å². The molecule has 1 aromatic rings. The van der Waals surface area contributed by atoms with E-state index in [2.05, 4.69) is 17.2 Å². The molecule has 18 heavy (non-hydrogen) atoms. The average molecular weight is 286 g/mol. The topological polar surface area (TPSA) is 51.2 Å².